The van der Waals surface area contributed by atoms with Crippen LogP contribution in [-0.2, 0) is 29.5 Å². The molecular weight excluding hydrogens is 632 g/mol. The fourth-order valence-corrected chi connectivity index (χ4v) is 4.15. The molecule has 0 fully saturated rings. The second-order valence-electron chi connectivity index (χ2n) is 9.74. The molecule has 5 aromatic rings. The Morgan fingerprint density at radius 3 is 1.33 bits per heavy atom. The van der Waals surface area contributed by atoms with Crippen molar-refractivity contribution < 1.29 is 40.6 Å². The van der Waals surface area contributed by atoms with E-state index < -0.39 is 23.6 Å². The van der Waals surface area contributed by atoms with Crippen LogP contribution >= 0.6 is 0 Å². The van der Waals surface area contributed by atoms with Crippen molar-refractivity contribution in [2.24, 2.45) is 5.90 Å². The minimum atomic E-state index is -0.657. The first-order chi connectivity index (χ1) is 23.3. The summed E-state index contributed by atoms with van der Waals surface area (Å²) in [6.07, 6.45) is 10.0. The molecule has 0 bridgehead atoms. The standard InChI is InChI=1S/C14H10N2O3.C8H5NO3.C6H8N2O.C6H7NO.CH4.H2/c17-13-11-5-1-2-6-12(11)14(18)16(13)19-9-10-4-3-7-15-8-10;10-7-5-3-1-2-4-6(5)8(11)9(7)12;7-9-5-6-2-1-3-8-4-6;8-5-6-2-1-3-7-4-6;;/h1-8H,9H2;1-4,12H;1-4H,5,7H2;1-4,8H,5H2;1H4;1H. The molecule has 4 N–H and O–H groups in total. The highest BCUT2D eigenvalue weighted by molar-refractivity contribution is 6.21. The summed E-state index contributed by atoms with van der Waals surface area (Å²) < 4.78 is 0. The van der Waals surface area contributed by atoms with Crippen LogP contribution in [0.25, 0.3) is 0 Å². The number of carbonyl (C=O) groups excluding carboxylic acids is 4. The maximum absolute atomic E-state index is 12.0. The van der Waals surface area contributed by atoms with Crippen LogP contribution in [0, 0.1) is 0 Å². The van der Waals surface area contributed by atoms with Gasteiger partial charge in [-0.1, -0.05) is 49.9 Å². The molecule has 49 heavy (non-hydrogen) atoms. The molecule has 7 rings (SSSR count). The summed E-state index contributed by atoms with van der Waals surface area (Å²) in [5.74, 6) is 2.67. The summed E-state index contributed by atoms with van der Waals surface area (Å²) in [4.78, 5) is 67.4. The number of aromatic nitrogens is 3. The molecule has 0 radical (unpaired) electrons. The van der Waals surface area contributed by atoms with Gasteiger partial charge in [-0.15, -0.1) is 10.1 Å². The lowest BCUT2D eigenvalue weighted by atomic mass is 10.1. The van der Waals surface area contributed by atoms with Crippen LogP contribution in [-0.4, -0.2) is 59.0 Å². The normalized spacial score (nSPS) is 12.3. The predicted molar refractivity (Wildman–Crippen MR) is 177 cm³/mol. The molecule has 0 saturated carbocycles. The van der Waals surface area contributed by atoms with Crippen LogP contribution in [0.15, 0.2) is 122 Å². The Morgan fingerprint density at radius 2 is 0.980 bits per heavy atom. The highest BCUT2D eigenvalue weighted by Crippen LogP contribution is 2.23. The number of aliphatic hydroxyl groups is 1. The van der Waals surface area contributed by atoms with E-state index in [2.05, 4.69) is 19.8 Å². The van der Waals surface area contributed by atoms with E-state index in [9.17, 15) is 19.2 Å². The van der Waals surface area contributed by atoms with Gasteiger partial charge in [0, 0.05) is 38.6 Å². The van der Waals surface area contributed by atoms with Gasteiger partial charge in [0.25, 0.3) is 23.6 Å². The summed E-state index contributed by atoms with van der Waals surface area (Å²) in [7, 11) is 0. The van der Waals surface area contributed by atoms with E-state index in [1.54, 1.807) is 85.7 Å². The van der Waals surface area contributed by atoms with Crippen LogP contribution in [0.4, 0.5) is 0 Å². The summed E-state index contributed by atoms with van der Waals surface area (Å²) in [5.41, 5.74) is 3.89. The third kappa shape index (κ3) is 9.98. The third-order valence-corrected chi connectivity index (χ3v) is 6.49. The summed E-state index contributed by atoms with van der Waals surface area (Å²) >= 11 is 0. The van der Waals surface area contributed by atoms with E-state index in [0.29, 0.717) is 17.7 Å². The van der Waals surface area contributed by atoms with Gasteiger partial charge in [0.2, 0.25) is 0 Å². The van der Waals surface area contributed by atoms with E-state index in [1.807, 2.05) is 24.3 Å². The van der Waals surface area contributed by atoms with Gasteiger partial charge in [-0.3, -0.25) is 49.0 Å². The average molecular weight is 669 g/mol. The number of hydrogen-bond donors (Lipinski definition) is 3. The molecule has 4 amide bonds. The molecule has 0 unspecified atom stereocenters. The summed E-state index contributed by atoms with van der Waals surface area (Å²) in [6, 6.07) is 23.9. The minimum Gasteiger partial charge on any atom is -0.392 e. The number of fused-ring (bicyclic) bond motifs is 2. The number of benzene rings is 2. The molecule has 14 heteroatoms. The number of imide groups is 2. The van der Waals surface area contributed by atoms with E-state index in [-0.39, 0.29) is 38.3 Å². The lowest BCUT2D eigenvalue weighted by Gasteiger charge is -2.12. The molecular formula is C35H36N6O8. The summed E-state index contributed by atoms with van der Waals surface area (Å²) in [6.45, 7) is 0.626. The highest BCUT2D eigenvalue weighted by atomic mass is 16.7. The Labute approximate surface area is 283 Å². The Hall–Kier alpha value is -6.03. The topological polar surface area (TPSA) is 198 Å². The smallest absolute Gasteiger partial charge is 0.285 e. The molecule has 0 saturated heterocycles. The van der Waals surface area contributed by atoms with Gasteiger partial charge in [-0.25, -0.2) is 5.90 Å². The Morgan fingerprint density at radius 1 is 0.592 bits per heavy atom. The van der Waals surface area contributed by atoms with Gasteiger partial charge >= 0.3 is 0 Å². The van der Waals surface area contributed by atoms with Crippen molar-refractivity contribution in [2.45, 2.75) is 27.2 Å². The van der Waals surface area contributed by atoms with E-state index in [1.165, 1.54) is 12.1 Å². The zero-order valence-corrected chi connectivity index (χ0v) is 25.3. The quantitative estimate of drug-likeness (QED) is 0.131. The monoisotopic (exact) mass is 668 g/mol. The molecule has 2 aromatic carbocycles. The number of nitrogens with two attached hydrogens (primary N) is 1. The zero-order valence-electron chi connectivity index (χ0n) is 25.3. The molecule has 14 nitrogen and oxygen atoms in total. The Bertz CT molecular complexity index is 1770. The van der Waals surface area contributed by atoms with E-state index >= 15 is 0 Å². The molecule has 5 heterocycles. The molecule has 0 spiro atoms. The van der Waals surface area contributed by atoms with Crippen molar-refractivity contribution in [3.63, 3.8) is 0 Å². The number of pyridine rings is 3. The third-order valence-electron chi connectivity index (χ3n) is 6.49. The molecule has 0 aliphatic carbocycles. The maximum Gasteiger partial charge on any atom is 0.285 e. The molecule has 2 aliphatic heterocycles. The molecule has 2 aliphatic rings. The van der Waals surface area contributed by atoms with Gasteiger partial charge in [0.15, 0.2) is 0 Å². The zero-order chi connectivity index (χ0) is 34.3. The van der Waals surface area contributed by atoms with Crippen LogP contribution in [0.1, 0.15) is 67.0 Å². The molecule has 3 aromatic heterocycles. The molecule has 0 atom stereocenters. The predicted octanol–water partition coefficient (Wildman–Crippen LogP) is 4.41. The highest BCUT2D eigenvalue weighted by Gasteiger charge is 2.36. The fraction of sp³-hybridized carbons (Fsp3) is 0.114. The number of carbonyl (C=O) groups is 4. The average Bonchev–Trinajstić information content (AvgIpc) is 3.52. The second kappa shape index (κ2) is 19.0. The van der Waals surface area contributed by atoms with Crippen LogP contribution in [0.5, 0.6) is 0 Å². The SMILES string of the molecule is C.NOCc1cccnc1.O=C1c2ccccc2C(=O)N1O.O=C1c2ccccc2C(=O)N1OCc1cccnc1.OCc1cccnc1.[HH]. The van der Waals surface area contributed by atoms with Gasteiger partial charge in [0.05, 0.1) is 35.5 Å². The van der Waals surface area contributed by atoms with Crippen molar-refractivity contribution in [3.05, 3.63) is 161 Å². The first kappa shape index (κ1) is 37.4. The van der Waals surface area contributed by atoms with Gasteiger partial charge in [-0.2, -0.15) is 0 Å². The van der Waals surface area contributed by atoms with Crippen molar-refractivity contribution in [1.29, 1.82) is 0 Å². The maximum atomic E-state index is 12.0. The van der Waals surface area contributed by atoms with Crippen molar-refractivity contribution in [1.82, 2.24) is 25.1 Å². The van der Waals surface area contributed by atoms with Crippen molar-refractivity contribution in [2.75, 3.05) is 0 Å². The first-order valence-electron chi connectivity index (χ1n) is 14.2. The van der Waals surface area contributed by atoms with Crippen LogP contribution in [0.3, 0.4) is 0 Å². The second-order valence-corrected chi connectivity index (χ2v) is 9.74. The van der Waals surface area contributed by atoms with Gasteiger partial charge in [-0.05, 0) is 59.2 Å². The number of rotatable bonds is 6. The number of nitrogens with zero attached hydrogens (tertiary/aromatic N) is 5. The fourth-order valence-electron chi connectivity index (χ4n) is 4.15. The number of hydroxylamine groups is 4. The Balaban J connectivity index is 0.000000243. The minimum absolute atomic E-state index is 0. The van der Waals surface area contributed by atoms with Gasteiger partial charge in [0.1, 0.15) is 6.61 Å². The van der Waals surface area contributed by atoms with E-state index in [0.717, 1.165) is 21.8 Å². The number of amides is 4. The summed E-state index contributed by atoms with van der Waals surface area (Å²) in [5, 5.41) is 18.4. The van der Waals surface area contributed by atoms with Gasteiger partial charge < -0.3 is 5.11 Å². The van der Waals surface area contributed by atoms with Crippen LogP contribution in [0.2, 0.25) is 0 Å². The Kier molecular flexibility index (Phi) is 14.5. The van der Waals surface area contributed by atoms with Crippen molar-refractivity contribution in [3.8, 4) is 0 Å². The number of aliphatic hydroxyl groups excluding tert-OH is 1. The first-order valence-corrected chi connectivity index (χ1v) is 14.2. The largest absolute Gasteiger partial charge is 0.392 e. The van der Waals surface area contributed by atoms with Crippen molar-refractivity contribution >= 4 is 23.6 Å². The van der Waals surface area contributed by atoms with Crippen LogP contribution < -0.4 is 5.90 Å². The lowest BCUT2D eigenvalue weighted by molar-refractivity contribution is -0.101. The molecule has 254 valence electrons. The number of hydrogen-bond acceptors (Lipinski definition) is 12. The van der Waals surface area contributed by atoms with E-state index in [4.69, 9.17) is 21.0 Å². The lowest BCUT2D eigenvalue weighted by Crippen LogP contribution is -2.29.